The molecule has 0 bridgehead atoms. The van der Waals surface area contributed by atoms with Gasteiger partial charge in [0.2, 0.25) is 11.8 Å². The normalized spacial score (nSPS) is 15.4. The van der Waals surface area contributed by atoms with Crippen molar-refractivity contribution in [3.05, 3.63) is 0 Å². The monoisotopic (exact) mass is 269 g/mol. The van der Waals surface area contributed by atoms with E-state index in [0.29, 0.717) is 19.5 Å². The number of hydrogen-bond donors (Lipinski definition) is 3. The van der Waals surface area contributed by atoms with E-state index in [2.05, 4.69) is 10.6 Å². The molecule has 5 heteroatoms. The molecular weight excluding hydrogens is 242 g/mol. The maximum Gasteiger partial charge on any atom is 0.239 e. The quantitative estimate of drug-likeness (QED) is 0.544. The Morgan fingerprint density at radius 1 is 1.05 bits per heavy atom. The molecule has 0 aromatic carbocycles. The molecule has 110 valence electrons. The second kappa shape index (κ2) is 9.78. The molecule has 1 rings (SSSR count). The van der Waals surface area contributed by atoms with Crippen molar-refractivity contribution in [1.29, 1.82) is 0 Å². The topological polar surface area (TPSA) is 84.2 Å². The summed E-state index contributed by atoms with van der Waals surface area (Å²) in [6.07, 6.45) is 8.43. The van der Waals surface area contributed by atoms with Crippen LogP contribution in [0, 0.1) is 5.92 Å². The predicted octanol–water partition coefficient (Wildman–Crippen LogP) is 0.928. The number of unbranched alkanes of at least 4 members (excludes halogenated alkanes) is 1. The van der Waals surface area contributed by atoms with Crippen molar-refractivity contribution in [2.45, 2.75) is 51.4 Å². The fourth-order valence-corrected chi connectivity index (χ4v) is 2.46. The molecule has 1 saturated carbocycles. The Kier molecular flexibility index (Phi) is 8.21. The van der Waals surface area contributed by atoms with Gasteiger partial charge in [0.15, 0.2) is 0 Å². The van der Waals surface area contributed by atoms with E-state index in [0.717, 1.165) is 25.2 Å². The SMILES string of the molecule is NCCCCNC(=O)CNC(=O)CCC1CCCC1. The third-order valence-electron chi connectivity index (χ3n) is 3.65. The fraction of sp³-hybridized carbons (Fsp3) is 0.857. The number of carbonyl (C=O) groups excluding carboxylic acids is 2. The molecule has 0 spiro atoms. The van der Waals surface area contributed by atoms with Crippen LogP contribution in [-0.4, -0.2) is 31.4 Å². The lowest BCUT2D eigenvalue weighted by Crippen LogP contribution is -2.37. The Labute approximate surface area is 115 Å². The van der Waals surface area contributed by atoms with E-state index in [1.165, 1.54) is 25.7 Å². The van der Waals surface area contributed by atoms with Gasteiger partial charge >= 0.3 is 0 Å². The molecule has 4 N–H and O–H groups in total. The van der Waals surface area contributed by atoms with Crippen molar-refractivity contribution in [3.8, 4) is 0 Å². The van der Waals surface area contributed by atoms with E-state index < -0.39 is 0 Å². The highest BCUT2D eigenvalue weighted by Crippen LogP contribution is 2.28. The highest BCUT2D eigenvalue weighted by Gasteiger charge is 2.16. The molecule has 0 radical (unpaired) electrons. The smallest absolute Gasteiger partial charge is 0.239 e. The highest BCUT2D eigenvalue weighted by molar-refractivity contribution is 5.84. The summed E-state index contributed by atoms with van der Waals surface area (Å²) >= 11 is 0. The van der Waals surface area contributed by atoms with E-state index in [-0.39, 0.29) is 18.4 Å². The summed E-state index contributed by atoms with van der Waals surface area (Å²) in [7, 11) is 0. The zero-order valence-electron chi connectivity index (χ0n) is 11.7. The number of rotatable bonds is 9. The summed E-state index contributed by atoms with van der Waals surface area (Å²) in [6, 6.07) is 0. The van der Waals surface area contributed by atoms with Gasteiger partial charge in [0.25, 0.3) is 0 Å². The lowest BCUT2D eigenvalue weighted by Gasteiger charge is -2.09. The van der Waals surface area contributed by atoms with E-state index in [4.69, 9.17) is 5.73 Å². The van der Waals surface area contributed by atoms with Gasteiger partial charge in [-0.3, -0.25) is 9.59 Å². The molecule has 19 heavy (non-hydrogen) atoms. The molecule has 2 amide bonds. The number of carbonyl (C=O) groups is 2. The molecule has 0 atom stereocenters. The Bertz CT molecular complexity index is 276. The summed E-state index contributed by atoms with van der Waals surface area (Å²) in [5.74, 6) is 0.589. The molecule has 0 saturated heterocycles. The van der Waals surface area contributed by atoms with Gasteiger partial charge in [-0.05, 0) is 31.7 Å². The van der Waals surface area contributed by atoms with Crippen LogP contribution in [0.4, 0.5) is 0 Å². The molecule has 0 unspecified atom stereocenters. The molecule has 1 aliphatic rings. The maximum absolute atomic E-state index is 11.6. The number of amides is 2. The van der Waals surface area contributed by atoms with Crippen LogP contribution in [0.1, 0.15) is 51.4 Å². The second-order valence-corrected chi connectivity index (χ2v) is 5.31. The van der Waals surface area contributed by atoms with Crippen LogP contribution in [-0.2, 0) is 9.59 Å². The Morgan fingerprint density at radius 3 is 2.47 bits per heavy atom. The molecule has 0 aromatic heterocycles. The van der Waals surface area contributed by atoms with Crippen molar-refractivity contribution < 1.29 is 9.59 Å². The lowest BCUT2D eigenvalue weighted by atomic mass is 10.0. The van der Waals surface area contributed by atoms with E-state index in [1.54, 1.807) is 0 Å². The molecular formula is C14H27N3O2. The first-order valence-electron chi connectivity index (χ1n) is 7.46. The highest BCUT2D eigenvalue weighted by atomic mass is 16.2. The van der Waals surface area contributed by atoms with Crippen molar-refractivity contribution in [3.63, 3.8) is 0 Å². The average molecular weight is 269 g/mol. The Balaban J connectivity index is 1.97. The molecule has 0 heterocycles. The summed E-state index contributed by atoms with van der Waals surface area (Å²) < 4.78 is 0. The molecule has 5 nitrogen and oxygen atoms in total. The molecule has 1 aliphatic carbocycles. The van der Waals surface area contributed by atoms with Crippen LogP contribution in [0.5, 0.6) is 0 Å². The van der Waals surface area contributed by atoms with Gasteiger partial charge in [-0.1, -0.05) is 25.7 Å². The standard InChI is InChI=1S/C14H27N3O2/c15-9-3-4-10-16-14(19)11-17-13(18)8-7-12-5-1-2-6-12/h12H,1-11,15H2,(H,16,19)(H,17,18). The van der Waals surface area contributed by atoms with Crippen molar-refractivity contribution in [2.75, 3.05) is 19.6 Å². The Morgan fingerprint density at radius 2 is 1.79 bits per heavy atom. The minimum atomic E-state index is -0.119. The molecule has 1 fully saturated rings. The van der Waals surface area contributed by atoms with Crippen LogP contribution in [0.2, 0.25) is 0 Å². The summed E-state index contributed by atoms with van der Waals surface area (Å²) in [6.45, 7) is 1.37. The van der Waals surface area contributed by atoms with Gasteiger partial charge in [0, 0.05) is 13.0 Å². The van der Waals surface area contributed by atoms with Crippen LogP contribution in [0.15, 0.2) is 0 Å². The molecule has 0 aliphatic heterocycles. The maximum atomic E-state index is 11.6. The minimum absolute atomic E-state index is 0.0102. The van der Waals surface area contributed by atoms with Crippen LogP contribution in [0.3, 0.4) is 0 Å². The van der Waals surface area contributed by atoms with Gasteiger partial charge in [0.1, 0.15) is 0 Å². The van der Waals surface area contributed by atoms with Gasteiger partial charge in [-0.15, -0.1) is 0 Å². The van der Waals surface area contributed by atoms with Crippen LogP contribution in [0.25, 0.3) is 0 Å². The second-order valence-electron chi connectivity index (χ2n) is 5.31. The lowest BCUT2D eigenvalue weighted by molar-refractivity contribution is -0.126. The largest absolute Gasteiger partial charge is 0.355 e. The van der Waals surface area contributed by atoms with Crippen LogP contribution < -0.4 is 16.4 Å². The van der Waals surface area contributed by atoms with Gasteiger partial charge < -0.3 is 16.4 Å². The first-order chi connectivity index (χ1) is 9.22. The third kappa shape index (κ3) is 7.82. The van der Waals surface area contributed by atoms with Crippen molar-refractivity contribution >= 4 is 11.8 Å². The number of nitrogens with one attached hydrogen (secondary N) is 2. The van der Waals surface area contributed by atoms with E-state index in [9.17, 15) is 9.59 Å². The van der Waals surface area contributed by atoms with E-state index >= 15 is 0 Å². The van der Waals surface area contributed by atoms with Gasteiger partial charge in [-0.2, -0.15) is 0 Å². The number of nitrogens with two attached hydrogens (primary N) is 1. The summed E-state index contributed by atoms with van der Waals surface area (Å²) in [5, 5.41) is 5.43. The Hall–Kier alpha value is -1.10. The summed E-state index contributed by atoms with van der Waals surface area (Å²) in [4.78, 5) is 23.0. The minimum Gasteiger partial charge on any atom is -0.355 e. The zero-order chi connectivity index (χ0) is 13.9. The average Bonchev–Trinajstić information content (AvgIpc) is 2.92. The van der Waals surface area contributed by atoms with Gasteiger partial charge in [-0.25, -0.2) is 0 Å². The predicted molar refractivity (Wildman–Crippen MR) is 75.5 cm³/mol. The van der Waals surface area contributed by atoms with Crippen LogP contribution >= 0.6 is 0 Å². The van der Waals surface area contributed by atoms with Crippen molar-refractivity contribution in [2.24, 2.45) is 11.7 Å². The fourth-order valence-electron chi connectivity index (χ4n) is 2.46. The number of hydrogen-bond acceptors (Lipinski definition) is 3. The first-order valence-corrected chi connectivity index (χ1v) is 7.46. The zero-order valence-corrected chi connectivity index (χ0v) is 11.7. The third-order valence-corrected chi connectivity index (χ3v) is 3.65. The van der Waals surface area contributed by atoms with E-state index in [1.807, 2.05) is 0 Å². The van der Waals surface area contributed by atoms with Gasteiger partial charge in [0.05, 0.1) is 6.54 Å². The molecule has 0 aromatic rings. The first kappa shape index (κ1) is 16.0. The van der Waals surface area contributed by atoms with Crippen molar-refractivity contribution in [1.82, 2.24) is 10.6 Å². The summed E-state index contributed by atoms with van der Waals surface area (Å²) in [5.41, 5.74) is 5.36.